The topological polar surface area (TPSA) is 79.3 Å². The van der Waals surface area contributed by atoms with Crippen molar-refractivity contribution in [3.63, 3.8) is 0 Å². The summed E-state index contributed by atoms with van der Waals surface area (Å²) in [6.45, 7) is 1.96. The number of rotatable bonds is 2. The Kier molecular flexibility index (Phi) is 5.23. The molecule has 0 saturated carbocycles. The SMILES string of the molecule is CCc1[nH]c(=N)[nH]c(=N)c1-c1ccc(Cl)c(Cl)c1.[Cl-].[H+]. The van der Waals surface area contributed by atoms with Crippen molar-refractivity contribution in [2.24, 2.45) is 0 Å². The minimum atomic E-state index is 0. The van der Waals surface area contributed by atoms with Gasteiger partial charge >= 0.3 is 1.43 Å². The summed E-state index contributed by atoms with van der Waals surface area (Å²) in [7, 11) is 0. The van der Waals surface area contributed by atoms with Gasteiger partial charge in [0.1, 0.15) is 5.49 Å². The molecule has 0 saturated heterocycles. The van der Waals surface area contributed by atoms with Crippen molar-refractivity contribution in [3.8, 4) is 11.1 Å². The Bertz CT molecular complexity index is 709. The lowest BCUT2D eigenvalue weighted by Crippen LogP contribution is -3.00. The van der Waals surface area contributed by atoms with Gasteiger partial charge in [-0.1, -0.05) is 36.2 Å². The highest BCUT2D eigenvalue weighted by Crippen LogP contribution is 2.27. The van der Waals surface area contributed by atoms with Crippen LogP contribution in [0.25, 0.3) is 11.1 Å². The second-order valence-corrected chi connectivity index (χ2v) is 4.65. The van der Waals surface area contributed by atoms with Crippen molar-refractivity contribution < 1.29 is 13.8 Å². The number of hydrogen-bond acceptors (Lipinski definition) is 2. The summed E-state index contributed by atoms with van der Waals surface area (Å²) in [5.41, 5.74) is 2.64. The lowest BCUT2D eigenvalue weighted by atomic mass is 10.0. The molecule has 0 amide bonds. The van der Waals surface area contributed by atoms with E-state index in [1.165, 1.54) is 0 Å². The highest BCUT2D eigenvalue weighted by atomic mass is 35.5. The van der Waals surface area contributed by atoms with Gasteiger partial charge < -0.3 is 22.4 Å². The number of halogens is 3. The molecule has 0 atom stereocenters. The molecule has 2 rings (SSSR count). The van der Waals surface area contributed by atoms with Crippen molar-refractivity contribution in [1.82, 2.24) is 9.97 Å². The predicted octanol–water partition coefficient (Wildman–Crippen LogP) is -0.0456. The second kappa shape index (κ2) is 6.28. The van der Waals surface area contributed by atoms with E-state index in [-0.39, 0.29) is 24.9 Å². The molecule has 1 heterocycles. The van der Waals surface area contributed by atoms with E-state index in [4.69, 9.17) is 34.0 Å². The smallest absolute Gasteiger partial charge is 1.00 e. The molecule has 0 bridgehead atoms. The Balaban J connectivity index is 0.00000180. The number of benzene rings is 1. The fraction of sp³-hybridized carbons (Fsp3) is 0.167. The third-order valence-electron chi connectivity index (χ3n) is 2.64. The molecule has 1 aromatic carbocycles. The van der Waals surface area contributed by atoms with Crippen molar-refractivity contribution >= 4 is 23.2 Å². The summed E-state index contributed by atoms with van der Waals surface area (Å²) < 4.78 is 0. The maximum Gasteiger partial charge on any atom is 1.00 e. The number of aromatic nitrogens is 2. The average molecular weight is 320 g/mol. The summed E-state index contributed by atoms with van der Waals surface area (Å²) in [6.07, 6.45) is 0.696. The predicted molar refractivity (Wildman–Crippen MR) is 72.8 cm³/mol. The Labute approximate surface area is 127 Å². The minimum Gasteiger partial charge on any atom is -1.00 e. The van der Waals surface area contributed by atoms with Gasteiger partial charge in [0.25, 0.3) is 0 Å². The summed E-state index contributed by atoms with van der Waals surface area (Å²) in [5.74, 6) is 0. The van der Waals surface area contributed by atoms with E-state index in [9.17, 15) is 0 Å². The summed E-state index contributed by atoms with van der Waals surface area (Å²) in [4.78, 5) is 5.56. The Morgan fingerprint density at radius 2 is 1.84 bits per heavy atom. The molecule has 4 N–H and O–H groups in total. The largest absolute Gasteiger partial charge is 1.00 e. The Morgan fingerprint density at radius 1 is 1.16 bits per heavy atom. The van der Waals surface area contributed by atoms with Gasteiger partial charge in [-0.15, -0.1) is 0 Å². The van der Waals surface area contributed by atoms with Crippen LogP contribution in [0.5, 0.6) is 0 Å². The van der Waals surface area contributed by atoms with Gasteiger partial charge in [-0.25, -0.2) is 0 Å². The molecule has 102 valence electrons. The zero-order valence-corrected chi connectivity index (χ0v) is 12.3. The molecule has 19 heavy (non-hydrogen) atoms. The van der Waals surface area contributed by atoms with Gasteiger partial charge in [0.05, 0.1) is 10.0 Å². The number of aromatic amines is 2. The first kappa shape index (κ1) is 15.8. The average Bonchev–Trinajstić information content (AvgIpc) is 2.32. The molecule has 0 unspecified atom stereocenters. The molecule has 0 aliphatic heterocycles. The minimum absolute atomic E-state index is 0. The molecule has 0 spiro atoms. The van der Waals surface area contributed by atoms with Crippen LogP contribution in [-0.4, -0.2) is 9.97 Å². The van der Waals surface area contributed by atoms with Crippen LogP contribution in [-0.2, 0) is 6.42 Å². The van der Waals surface area contributed by atoms with Gasteiger partial charge in [0.2, 0.25) is 0 Å². The number of hydrogen-bond donors (Lipinski definition) is 4. The van der Waals surface area contributed by atoms with Crippen LogP contribution in [0.2, 0.25) is 10.0 Å². The van der Waals surface area contributed by atoms with E-state index in [1.807, 2.05) is 13.0 Å². The number of aryl methyl sites for hydroxylation is 1. The van der Waals surface area contributed by atoms with Crippen molar-refractivity contribution in [2.45, 2.75) is 13.3 Å². The zero-order chi connectivity index (χ0) is 13.3. The number of nitrogens with one attached hydrogen (secondary N) is 4. The van der Waals surface area contributed by atoms with E-state index in [2.05, 4.69) is 9.97 Å². The van der Waals surface area contributed by atoms with Crippen LogP contribution < -0.4 is 23.5 Å². The molecular weight excluding hydrogens is 307 g/mol. The standard InChI is InChI=1S/C12H12Cl2N4.ClH/c1-2-9-10(11(15)18-12(16)17-9)6-3-4-7(13)8(14)5-6;/h3-5H,2H2,1H3,(H4,15,16,17,18);1H. The first-order valence-electron chi connectivity index (χ1n) is 5.43. The summed E-state index contributed by atoms with van der Waals surface area (Å²) in [6, 6.07) is 5.24. The lowest BCUT2D eigenvalue weighted by molar-refractivity contribution is -0.00000421. The van der Waals surface area contributed by atoms with Gasteiger partial charge in [-0.2, -0.15) is 0 Å². The van der Waals surface area contributed by atoms with E-state index in [0.717, 1.165) is 11.3 Å². The highest BCUT2D eigenvalue weighted by Gasteiger charge is 2.09. The molecular formula is C12H13Cl3N4. The first-order valence-corrected chi connectivity index (χ1v) is 6.18. The van der Waals surface area contributed by atoms with Gasteiger partial charge in [0.15, 0.2) is 5.62 Å². The van der Waals surface area contributed by atoms with Gasteiger partial charge in [-0.05, 0) is 24.1 Å². The third-order valence-corrected chi connectivity index (χ3v) is 3.38. The zero-order valence-electron chi connectivity index (χ0n) is 11.1. The van der Waals surface area contributed by atoms with E-state index in [0.29, 0.717) is 22.0 Å². The van der Waals surface area contributed by atoms with Crippen molar-refractivity contribution in [2.75, 3.05) is 0 Å². The monoisotopic (exact) mass is 318 g/mol. The summed E-state index contributed by atoms with van der Waals surface area (Å²) in [5, 5.41) is 16.4. The van der Waals surface area contributed by atoms with Gasteiger partial charge in [0, 0.05) is 11.3 Å². The maximum absolute atomic E-state index is 7.95. The fourth-order valence-corrected chi connectivity index (χ4v) is 2.12. The maximum atomic E-state index is 7.95. The molecule has 0 aliphatic rings. The third kappa shape index (κ3) is 3.21. The normalized spacial score (nSPS) is 10.1. The van der Waals surface area contributed by atoms with Crippen LogP contribution in [0, 0.1) is 10.8 Å². The van der Waals surface area contributed by atoms with E-state index in [1.54, 1.807) is 12.1 Å². The molecule has 7 heteroatoms. The molecule has 1 aromatic heterocycles. The fourth-order valence-electron chi connectivity index (χ4n) is 1.82. The van der Waals surface area contributed by atoms with Crippen LogP contribution in [0.3, 0.4) is 0 Å². The second-order valence-electron chi connectivity index (χ2n) is 3.84. The molecule has 0 fully saturated rings. The Morgan fingerprint density at radius 3 is 2.42 bits per heavy atom. The van der Waals surface area contributed by atoms with Crippen LogP contribution in [0.15, 0.2) is 18.2 Å². The quantitative estimate of drug-likeness (QED) is 0.599. The molecule has 2 aromatic rings. The lowest BCUT2D eigenvalue weighted by Gasteiger charge is -2.09. The molecule has 0 radical (unpaired) electrons. The number of H-pyrrole nitrogens is 2. The first-order chi connectivity index (χ1) is 8.52. The van der Waals surface area contributed by atoms with Crippen molar-refractivity contribution in [3.05, 3.63) is 45.0 Å². The van der Waals surface area contributed by atoms with Gasteiger partial charge in [-0.3, -0.25) is 10.8 Å². The van der Waals surface area contributed by atoms with Crippen LogP contribution >= 0.6 is 23.2 Å². The molecule has 4 nitrogen and oxygen atoms in total. The van der Waals surface area contributed by atoms with Crippen LogP contribution in [0.4, 0.5) is 0 Å². The van der Waals surface area contributed by atoms with E-state index < -0.39 is 0 Å². The highest BCUT2D eigenvalue weighted by molar-refractivity contribution is 6.42. The summed E-state index contributed by atoms with van der Waals surface area (Å²) >= 11 is 11.9. The van der Waals surface area contributed by atoms with Crippen molar-refractivity contribution in [1.29, 1.82) is 10.8 Å². The molecule has 0 aliphatic carbocycles. The Hall–Kier alpha value is -1.23. The van der Waals surface area contributed by atoms with E-state index >= 15 is 0 Å². The van der Waals surface area contributed by atoms with Crippen LogP contribution in [0.1, 0.15) is 14.0 Å².